The van der Waals surface area contributed by atoms with Gasteiger partial charge in [0.2, 0.25) is 5.91 Å². The maximum absolute atomic E-state index is 12.3. The van der Waals surface area contributed by atoms with E-state index in [-0.39, 0.29) is 16.9 Å². The van der Waals surface area contributed by atoms with Crippen LogP contribution in [0.25, 0.3) is 0 Å². The molecule has 4 nitrogen and oxygen atoms in total. The molecule has 0 aromatic carbocycles. The van der Waals surface area contributed by atoms with E-state index in [1.165, 1.54) is 16.6 Å². The predicted octanol–water partition coefficient (Wildman–Crippen LogP) is 2.74. The number of thiophene rings is 1. The van der Waals surface area contributed by atoms with Crippen LogP contribution in [0.4, 0.5) is 5.00 Å². The van der Waals surface area contributed by atoms with Crippen LogP contribution in [0.3, 0.4) is 0 Å². The van der Waals surface area contributed by atoms with Gasteiger partial charge in [-0.2, -0.15) is 5.26 Å². The lowest BCUT2D eigenvalue weighted by molar-refractivity contribution is -0.117. The van der Waals surface area contributed by atoms with Crippen LogP contribution in [0.2, 0.25) is 0 Å². The number of aryl methyl sites for hydroxylation is 1. The number of rotatable bonds is 3. The van der Waals surface area contributed by atoms with E-state index in [1.54, 1.807) is 23.2 Å². The summed E-state index contributed by atoms with van der Waals surface area (Å²) in [4.78, 5) is 26.4. The van der Waals surface area contributed by atoms with Crippen LogP contribution in [0, 0.1) is 17.2 Å². The lowest BCUT2D eigenvalue weighted by Gasteiger charge is -2.15. The number of hydrogen-bond donors (Lipinski definition) is 0. The van der Waals surface area contributed by atoms with Crippen LogP contribution in [-0.4, -0.2) is 23.3 Å². The lowest BCUT2D eigenvalue weighted by Crippen LogP contribution is -2.24. The van der Waals surface area contributed by atoms with E-state index in [4.69, 9.17) is 0 Å². The van der Waals surface area contributed by atoms with E-state index < -0.39 is 0 Å². The second kappa shape index (κ2) is 5.82. The zero-order chi connectivity index (χ0) is 15.0. The highest BCUT2D eigenvalue weighted by atomic mass is 32.2. The van der Waals surface area contributed by atoms with Crippen molar-refractivity contribution >= 4 is 39.1 Å². The number of thioether (sulfide) groups is 1. The molecule has 0 radical (unpaired) electrons. The SMILES string of the molecule is CC(=O)SCC1CC(=O)N(c2sc3c(c2C#N)CCC3)C1. The third kappa shape index (κ3) is 2.72. The largest absolute Gasteiger partial charge is 0.302 e. The van der Waals surface area contributed by atoms with Crippen LogP contribution >= 0.6 is 23.1 Å². The van der Waals surface area contributed by atoms with E-state index in [0.717, 1.165) is 29.8 Å². The second-order valence-electron chi connectivity index (χ2n) is 5.53. The third-order valence-corrected chi connectivity index (χ3v) is 6.35. The zero-order valence-electron chi connectivity index (χ0n) is 11.8. The minimum absolute atomic E-state index is 0.0839. The van der Waals surface area contributed by atoms with Gasteiger partial charge in [-0.05, 0) is 30.7 Å². The summed E-state index contributed by atoms with van der Waals surface area (Å²) in [6.45, 7) is 2.18. The molecule has 0 spiro atoms. The maximum Gasteiger partial charge on any atom is 0.228 e. The van der Waals surface area contributed by atoms with Gasteiger partial charge in [-0.1, -0.05) is 11.8 Å². The molecule has 0 N–H and O–H groups in total. The fourth-order valence-electron chi connectivity index (χ4n) is 3.02. The number of fused-ring (bicyclic) bond motifs is 1. The normalized spacial score (nSPS) is 20.7. The van der Waals surface area contributed by atoms with Gasteiger partial charge in [0.1, 0.15) is 11.1 Å². The molecule has 1 saturated heterocycles. The molecular weight excluding hydrogens is 304 g/mol. The molecule has 1 fully saturated rings. The summed E-state index contributed by atoms with van der Waals surface area (Å²) < 4.78 is 0. The zero-order valence-corrected chi connectivity index (χ0v) is 13.5. The van der Waals surface area contributed by atoms with Gasteiger partial charge in [0.25, 0.3) is 0 Å². The fraction of sp³-hybridized carbons (Fsp3) is 0.533. The molecule has 3 rings (SSSR count). The molecule has 1 atom stereocenters. The van der Waals surface area contributed by atoms with Gasteiger partial charge >= 0.3 is 0 Å². The van der Waals surface area contributed by atoms with Crippen molar-refractivity contribution in [3.05, 3.63) is 16.0 Å². The fourth-order valence-corrected chi connectivity index (χ4v) is 5.08. The van der Waals surface area contributed by atoms with Crippen molar-refractivity contribution in [1.29, 1.82) is 5.26 Å². The molecule has 1 aliphatic carbocycles. The molecular formula is C15H16N2O2S2. The third-order valence-electron chi connectivity index (χ3n) is 3.99. The van der Waals surface area contributed by atoms with Crippen LogP contribution < -0.4 is 4.90 Å². The summed E-state index contributed by atoms with van der Waals surface area (Å²) >= 11 is 2.89. The van der Waals surface area contributed by atoms with Crippen LogP contribution in [0.1, 0.15) is 35.8 Å². The minimum atomic E-state index is 0.0839. The van der Waals surface area contributed by atoms with Gasteiger partial charge < -0.3 is 4.90 Å². The number of carbonyl (C=O) groups excluding carboxylic acids is 2. The van der Waals surface area contributed by atoms with E-state index >= 15 is 0 Å². The van der Waals surface area contributed by atoms with Gasteiger partial charge in [0, 0.05) is 30.5 Å². The summed E-state index contributed by atoms with van der Waals surface area (Å²) in [5.74, 6) is 0.973. The highest BCUT2D eigenvalue weighted by Gasteiger charge is 2.35. The standard InChI is InChI=1S/C15H16N2O2S2/c1-9(18)20-8-10-5-14(19)17(7-10)15-12(6-16)11-3-2-4-13(11)21-15/h10H,2-5,7-8H2,1H3. The molecule has 0 bridgehead atoms. The number of amides is 1. The Morgan fingerprint density at radius 3 is 3.05 bits per heavy atom. The summed E-state index contributed by atoms with van der Waals surface area (Å²) in [6.07, 6.45) is 3.58. The summed E-state index contributed by atoms with van der Waals surface area (Å²) in [5.41, 5.74) is 1.87. The summed E-state index contributed by atoms with van der Waals surface area (Å²) in [6, 6.07) is 2.30. The Bertz CT molecular complexity index is 645. The molecule has 0 saturated carbocycles. The smallest absolute Gasteiger partial charge is 0.228 e. The van der Waals surface area contributed by atoms with Crippen LogP contribution in [-0.2, 0) is 22.4 Å². The van der Waals surface area contributed by atoms with Crippen molar-refractivity contribution in [1.82, 2.24) is 0 Å². The predicted molar refractivity (Wildman–Crippen MR) is 84.7 cm³/mol. The Kier molecular flexibility index (Phi) is 4.05. The Morgan fingerprint density at radius 2 is 2.33 bits per heavy atom. The van der Waals surface area contributed by atoms with Crippen LogP contribution in [0.15, 0.2) is 0 Å². The molecule has 21 heavy (non-hydrogen) atoms. The molecule has 110 valence electrons. The monoisotopic (exact) mass is 320 g/mol. The van der Waals surface area contributed by atoms with Crippen molar-refractivity contribution in [3.63, 3.8) is 0 Å². The molecule has 1 aliphatic heterocycles. The van der Waals surface area contributed by atoms with Crippen molar-refractivity contribution in [2.24, 2.45) is 5.92 Å². The second-order valence-corrected chi connectivity index (χ2v) is 7.81. The van der Waals surface area contributed by atoms with E-state index in [1.807, 2.05) is 0 Å². The molecule has 1 aromatic heterocycles. The Labute approximate surface area is 132 Å². The van der Waals surface area contributed by atoms with E-state index in [9.17, 15) is 14.9 Å². The number of carbonyl (C=O) groups is 2. The highest BCUT2D eigenvalue weighted by Crippen LogP contribution is 2.42. The van der Waals surface area contributed by atoms with Crippen molar-refractivity contribution in [2.75, 3.05) is 17.2 Å². The number of anilines is 1. The van der Waals surface area contributed by atoms with Gasteiger partial charge in [-0.15, -0.1) is 11.3 Å². The first kappa shape index (κ1) is 14.6. The van der Waals surface area contributed by atoms with Crippen LogP contribution in [0.5, 0.6) is 0 Å². The summed E-state index contributed by atoms with van der Waals surface area (Å²) in [5, 5.41) is 10.4. The van der Waals surface area contributed by atoms with Crippen molar-refractivity contribution in [2.45, 2.75) is 32.6 Å². The molecule has 1 unspecified atom stereocenters. The minimum Gasteiger partial charge on any atom is -0.302 e. The lowest BCUT2D eigenvalue weighted by atomic mass is 10.1. The first-order chi connectivity index (χ1) is 10.1. The maximum atomic E-state index is 12.3. The molecule has 1 amide bonds. The molecule has 6 heteroatoms. The van der Waals surface area contributed by atoms with Gasteiger partial charge in [-0.25, -0.2) is 0 Å². The Morgan fingerprint density at radius 1 is 1.52 bits per heavy atom. The highest BCUT2D eigenvalue weighted by molar-refractivity contribution is 8.13. The quantitative estimate of drug-likeness (QED) is 0.859. The number of hydrogen-bond acceptors (Lipinski definition) is 5. The average molecular weight is 320 g/mol. The number of nitrogens with zero attached hydrogens (tertiary/aromatic N) is 2. The van der Waals surface area contributed by atoms with Crippen molar-refractivity contribution < 1.29 is 9.59 Å². The average Bonchev–Trinajstić information content (AvgIpc) is 3.09. The molecule has 2 heterocycles. The molecule has 2 aliphatic rings. The van der Waals surface area contributed by atoms with Gasteiger partial charge in [-0.3, -0.25) is 9.59 Å². The first-order valence-electron chi connectivity index (χ1n) is 7.08. The number of nitriles is 1. The Balaban J connectivity index is 1.80. The Hall–Kier alpha value is -1.32. The molecule has 1 aromatic rings. The first-order valence-corrected chi connectivity index (χ1v) is 8.88. The van der Waals surface area contributed by atoms with E-state index in [0.29, 0.717) is 24.3 Å². The summed E-state index contributed by atoms with van der Waals surface area (Å²) in [7, 11) is 0. The van der Waals surface area contributed by atoms with Crippen molar-refractivity contribution in [3.8, 4) is 6.07 Å². The van der Waals surface area contributed by atoms with E-state index in [2.05, 4.69) is 6.07 Å². The topological polar surface area (TPSA) is 61.2 Å². The van der Waals surface area contributed by atoms with Gasteiger partial charge in [0.05, 0.1) is 5.56 Å². The van der Waals surface area contributed by atoms with Gasteiger partial charge in [0.15, 0.2) is 5.12 Å².